The normalized spacial score (nSPS) is 20.5. The first kappa shape index (κ1) is 14.8. The second-order valence-electron chi connectivity index (χ2n) is 5.19. The SMILES string of the molecule is CC(=O)N1N=C(c2ccccc2)OC1(C)c1ccc(Br)cc1. The average Bonchev–Trinajstić information content (AvgIpc) is 2.88. The molecular weight excluding hydrogens is 344 g/mol. The van der Waals surface area contributed by atoms with Crippen molar-refractivity contribution in [1.29, 1.82) is 0 Å². The summed E-state index contributed by atoms with van der Waals surface area (Å²) in [7, 11) is 0. The molecule has 0 spiro atoms. The van der Waals surface area contributed by atoms with Crippen LogP contribution in [-0.2, 0) is 15.3 Å². The average molecular weight is 359 g/mol. The van der Waals surface area contributed by atoms with Gasteiger partial charge in [0.2, 0.25) is 17.5 Å². The van der Waals surface area contributed by atoms with Crippen LogP contribution in [0, 0.1) is 0 Å². The van der Waals surface area contributed by atoms with Gasteiger partial charge in [0, 0.05) is 29.4 Å². The summed E-state index contributed by atoms with van der Waals surface area (Å²) in [6, 6.07) is 17.2. The fourth-order valence-corrected chi connectivity index (χ4v) is 2.71. The second-order valence-corrected chi connectivity index (χ2v) is 6.11. The van der Waals surface area contributed by atoms with Crippen molar-refractivity contribution in [2.24, 2.45) is 5.10 Å². The van der Waals surface area contributed by atoms with Gasteiger partial charge in [-0.1, -0.05) is 46.3 Å². The molecule has 4 nitrogen and oxygen atoms in total. The van der Waals surface area contributed by atoms with Gasteiger partial charge in [0.25, 0.3) is 0 Å². The number of nitrogens with zero attached hydrogens (tertiary/aromatic N) is 2. The number of carbonyl (C=O) groups is 1. The Morgan fingerprint density at radius 1 is 1.14 bits per heavy atom. The third-order valence-electron chi connectivity index (χ3n) is 3.59. The number of rotatable bonds is 2. The Bertz CT molecular complexity index is 728. The maximum absolute atomic E-state index is 12.0. The van der Waals surface area contributed by atoms with Crippen molar-refractivity contribution in [1.82, 2.24) is 5.01 Å². The van der Waals surface area contributed by atoms with E-state index < -0.39 is 5.72 Å². The van der Waals surface area contributed by atoms with Crippen molar-refractivity contribution in [3.63, 3.8) is 0 Å². The van der Waals surface area contributed by atoms with Crippen molar-refractivity contribution >= 4 is 27.7 Å². The minimum Gasteiger partial charge on any atom is -0.443 e. The van der Waals surface area contributed by atoms with Crippen LogP contribution in [0.15, 0.2) is 64.2 Å². The Hall–Kier alpha value is -2.14. The lowest BCUT2D eigenvalue weighted by Gasteiger charge is -2.31. The standard InChI is InChI=1S/C17H15BrN2O2/c1-12(21)20-17(2,14-8-10-15(18)11-9-14)22-16(19-20)13-6-4-3-5-7-13/h3-11H,1-2H3. The molecule has 3 rings (SSSR count). The van der Waals surface area contributed by atoms with Crippen LogP contribution in [0.25, 0.3) is 0 Å². The highest BCUT2D eigenvalue weighted by molar-refractivity contribution is 9.10. The predicted molar refractivity (Wildman–Crippen MR) is 88.1 cm³/mol. The van der Waals surface area contributed by atoms with Gasteiger partial charge < -0.3 is 4.74 Å². The lowest BCUT2D eigenvalue weighted by atomic mass is 10.0. The van der Waals surface area contributed by atoms with Gasteiger partial charge in [0.1, 0.15) is 0 Å². The summed E-state index contributed by atoms with van der Waals surface area (Å²) in [5.41, 5.74) is 0.757. The zero-order valence-electron chi connectivity index (χ0n) is 12.3. The molecule has 0 N–H and O–H groups in total. The predicted octanol–water partition coefficient (Wildman–Crippen LogP) is 3.86. The molecule has 2 aromatic rings. The van der Waals surface area contributed by atoms with Crippen molar-refractivity contribution in [3.8, 4) is 0 Å². The molecule has 112 valence electrons. The van der Waals surface area contributed by atoms with Crippen molar-refractivity contribution in [3.05, 3.63) is 70.2 Å². The number of hydrogen-bond donors (Lipinski definition) is 0. The van der Waals surface area contributed by atoms with Gasteiger partial charge >= 0.3 is 0 Å². The molecule has 1 amide bonds. The lowest BCUT2D eigenvalue weighted by Crippen LogP contribution is -2.41. The van der Waals surface area contributed by atoms with Gasteiger partial charge in [-0.3, -0.25) is 4.79 Å². The van der Waals surface area contributed by atoms with E-state index in [0.717, 1.165) is 15.6 Å². The van der Waals surface area contributed by atoms with Gasteiger partial charge in [-0.25, -0.2) is 0 Å². The van der Waals surface area contributed by atoms with Gasteiger partial charge in [-0.2, -0.15) is 5.01 Å². The summed E-state index contributed by atoms with van der Waals surface area (Å²) in [6.45, 7) is 3.33. The molecule has 0 aliphatic carbocycles. The number of hydrogen-bond acceptors (Lipinski definition) is 3. The third kappa shape index (κ3) is 2.52. The first-order chi connectivity index (χ1) is 10.5. The molecule has 0 saturated carbocycles. The van der Waals surface area contributed by atoms with Crippen LogP contribution in [0.2, 0.25) is 0 Å². The van der Waals surface area contributed by atoms with Gasteiger partial charge in [0.15, 0.2) is 0 Å². The minimum absolute atomic E-state index is 0.170. The highest BCUT2D eigenvalue weighted by atomic mass is 79.9. The lowest BCUT2D eigenvalue weighted by molar-refractivity contribution is -0.146. The molecular formula is C17H15BrN2O2. The Morgan fingerprint density at radius 2 is 1.77 bits per heavy atom. The molecule has 1 heterocycles. The minimum atomic E-state index is -0.947. The summed E-state index contributed by atoms with van der Waals surface area (Å²) < 4.78 is 7.04. The van der Waals surface area contributed by atoms with E-state index in [9.17, 15) is 4.79 Å². The summed E-state index contributed by atoms with van der Waals surface area (Å²) >= 11 is 3.41. The molecule has 1 atom stereocenters. The summed E-state index contributed by atoms with van der Waals surface area (Å²) in [5.74, 6) is 0.276. The van der Waals surface area contributed by atoms with Gasteiger partial charge in [-0.15, -0.1) is 5.10 Å². The largest absolute Gasteiger partial charge is 0.443 e. The van der Waals surface area contributed by atoms with Crippen LogP contribution in [-0.4, -0.2) is 16.8 Å². The number of ether oxygens (including phenoxy) is 1. The summed E-state index contributed by atoms with van der Waals surface area (Å²) in [6.07, 6.45) is 0. The zero-order chi connectivity index (χ0) is 15.7. The fourth-order valence-electron chi connectivity index (χ4n) is 2.45. The molecule has 22 heavy (non-hydrogen) atoms. The zero-order valence-corrected chi connectivity index (χ0v) is 13.9. The van der Waals surface area contributed by atoms with Crippen LogP contribution in [0.1, 0.15) is 25.0 Å². The second kappa shape index (κ2) is 5.57. The van der Waals surface area contributed by atoms with Crippen molar-refractivity contribution in [2.75, 3.05) is 0 Å². The van der Waals surface area contributed by atoms with E-state index in [2.05, 4.69) is 21.0 Å². The number of halogens is 1. The van der Waals surface area contributed by atoms with Crippen LogP contribution >= 0.6 is 15.9 Å². The van der Waals surface area contributed by atoms with Gasteiger partial charge in [0.05, 0.1) is 0 Å². The quantitative estimate of drug-likeness (QED) is 0.817. The summed E-state index contributed by atoms with van der Waals surface area (Å²) in [5, 5.41) is 5.76. The molecule has 0 radical (unpaired) electrons. The smallest absolute Gasteiger partial charge is 0.243 e. The number of carbonyl (C=O) groups excluding carboxylic acids is 1. The van der Waals surface area contributed by atoms with E-state index in [1.54, 1.807) is 0 Å². The van der Waals surface area contributed by atoms with E-state index in [-0.39, 0.29) is 5.91 Å². The van der Waals surface area contributed by atoms with Crippen LogP contribution < -0.4 is 0 Å². The molecule has 0 saturated heterocycles. The first-order valence-electron chi connectivity index (χ1n) is 6.90. The monoisotopic (exact) mass is 358 g/mol. The van der Waals surface area contributed by atoms with Crippen LogP contribution in [0.5, 0.6) is 0 Å². The third-order valence-corrected chi connectivity index (χ3v) is 4.12. The van der Waals surface area contributed by atoms with E-state index in [1.165, 1.54) is 11.9 Å². The molecule has 0 bridgehead atoms. The van der Waals surface area contributed by atoms with E-state index in [4.69, 9.17) is 4.74 Å². The summed E-state index contributed by atoms with van der Waals surface area (Å²) in [4.78, 5) is 12.0. The van der Waals surface area contributed by atoms with Crippen LogP contribution in [0.4, 0.5) is 0 Å². The highest BCUT2D eigenvalue weighted by Crippen LogP contribution is 2.36. The van der Waals surface area contributed by atoms with Crippen molar-refractivity contribution in [2.45, 2.75) is 19.6 Å². The molecule has 1 aliphatic rings. The van der Waals surface area contributed by atoms with Gasteiger partial charge in [-0.05, 0) is 24.3 Å². The molecule has 1 aliphatic heterocycles. The Morgan fingerprint density at radius 3 is 2.36 bits per heavy atom. The Labute approximate surface area is 137 Å². The van der Waals surface area contributed by atoms with E-state index in [0.29, 0.717) is 5.90 Å². The number of benzene rings is 2. The Kier molecular flexibility index (Phi) is 3.74. The topological polar surface area (TPSA) is 41.9 Å². The fraction of sp³-hybridized carbons (Fsp3) is 0.176. The molecule has 0 aromatic heterocycles. The number of amides is 1. The molecule has 2 aromatic carbocycles. The van der Waals surface area contributed by atoms with E-state index in [1.807, 2.05) is 61.5 Å². The molecule has 1 unspecified atom stereocenters. The Balaban J connectivity index is 2.02. The van der Waals surface area contributed by atoms with Crippen LogP contribution in [0.3, 0.4) is 0 Å². The van der Waals surface area contributed by atoms with Crippen molar-refractivity contribution < 1.29 is 9.53 Å². The maximum Gasteiger partial charge on any atom is 0.243 e. The maximum atomic E-state index is 12.0. The molecule has 0 fully saturated rings. The highest BCUT2D eigenvalue weighted by Gasteiger charge is 2.44. The first-order valence-corrected chi connectivity index (χ1v) is 7.70. The van der Waals surface area contributed by atoms with E-state index >= 15 is 0 Å². The number of hydrazone groups is 1. The molecule has 5 heteroatoms.